The van der Waals surface area contributed by atoms with Crippen LogP contribution in [0.4, 0.5) is 11.4 Å². The van der Waals surface area contributed by atoms with Gasteiger partial charge in [0.1, 0.15) is 5.75 Å². The van der Waals surface area contributed by atoms with E-state index in [1.165, 1.54) is 0 Å². The predicted octanol–water partition coefficient (Wildman–Crippen LogP) is 3.02. The van der Waals surface area contributed by atoms with E-state index in [9.17, 15) is 9.59 Å². The van der Waals surface area contributed by atoms with E-state index in [2.05, 4.69) is 10.2 Å². The van der Waals surface area contributed by atoms with Crippen molar-refractivity contribution in [1.82, 2.24) is 0 Å². The highest BCUT2D eigenvalue weighted by atomic mass is 16.5. The number of aryl methyl sites for hydroxylation is 2. The highest BCUT2D eigenvalue weighted by Gasteiger charge is 2.24. The normalized spacial score (nSPS) is 14.6. The number of nitrogens with two attached hydrogens (primary N) is 1. The first kappa shape index (κ1) is 19.7. The average Bonchev–Trinajstić information content (AvgIpc) is 2.69. The zero-order valence-electron chi connectivity index (χ0n) is 16.4. The van der Waals surface area contributed by atoms with Gasteiger partial charge in [0.15, 0.2) is 6.61 Å². The van der Waals surface area contributed by atoms with Crippen LogP contribution in [0.3, 0.4) is 0 Å². The Morgan fingerprint density at radius 1 is 1.14 bits per heavy atom. The van der Waals surface area contributed by atoms with Crippen LogP contribution in [0.25, 0.3) is 0 Å². The number of carbonyl (C=O) groups is 2. The van der Waals surface area contributed by atoms with Gasteiger partial charge in [0.25, 0.3) is 5.91 Å². The van der Waals surface area contributed by atoms with Crippen LogP contribution >= 0.6 is 0 Å². The summed E-state index contributed by atoms with van der Waals surface area (Å²) in [5.74, 6) is 0.214. The lowest BCUT2D eigenvalue weighted by atomic mass is 9.96. The molecule has 0 bridgehead atoms. The van der Waals surface area contributed by atoms with Gasteiger partial charge >= 0.3 is 0 Å². The lowest BCUT2D eigenvalue weighted by molar-refractivity contribution is -0.122. The van der Waals surface area contributed by atoms with Crippen LogP contribution in [0.1, 0.15) is 24.0 Å². The highest BCUT2D eigenvalue weighted by Crippen LogP contribution is 2.29. The standard InChI is InChI=1S/C22H27N3O3/c1-15-7-8-16(2)20(13-15)28-14-21(26)24-18-5-3-4-6-19(18)25-11-9-17(10-12-25)22(23)27/h3-8,13,17H,9-12,14H2,1-2H3,(H2,23,27)(H,24,26). The zero-order chi connectivity index (χ0) is 20.1. The number of hydrogen-bond donors (Lipinski definition) is 2. The quantitative estimate of drug-likeness (QED) is 0.805. The van der Waals surface area contributed by atoms with E-state index in [1.54, 1.807) is 0 Å². The average molecular weight is 381 g/mol. The molecule has 0 atom stereocenters. The molecule has 148 valence electrons. The molecule has 0 spiro atoms. The summed E-state index contributed by atoms with van der Waals surface area (Å²) in [6.45, 7) is 5.36. The molecule has 0 radical (unpaired) electrons. The number of primary amides is 1. The maximum Gasteiger partial charge on any atom is 0.262 e. The van der Waals surface area contributed by atoms with Gasteiger partial charge in [-0.3, -0.25) is 9.59 Å². The molecule has 28 heavy (non-hydrogen) atoms. The number of anilines is 2. The molecule has 0 aliphatic carbocycles. The molecule has 0 unspecified atom stereocenters. The second-order valence-corrected chi connectivity index (χ2v) is 7.29. The highest BCUT2D eigenvalue weighted by molar-refractivity contribution is 5.95. The Morgan fingerprint density at radius 3 is 2.57 bits per heavy atom. The van der Waals surface area contributed by atoms with E-state index in [0.29, 0.717) is 0 Å². The third kappa shape index (κ3) is 4.82. The van der Waals surface area contributed by atoms with Crippen molar-refractivity contribution in [2.24, 2.45) is 11.7 Å². The fourth-order valence-electron chi connectivity index (χ4n) is 3.45. The van der Waals surface area contributed by atoms with Crippen LogP contribution < -0.4 is 20.7 Å². The SMILES string of the molecule is Cc1ccc(C)c(OCC(=O)Nc2ccccc2N2CCC(C(N)=O)CC2)c1. The summed E-state index contributed by atoms with van der Waals surface area (Å²) in [7, 11) is 0. The first-order valence-corrected chi connectivity index (χ1v) is 9.57. The Balaban J connectivity index is 1.62. The van der Waals surface area contributed by atoms with Crippen molar-refractivity contribution in [3.05, 3.63) is 53.6 Å². The van der Waals surface area contributed by atoms with Gasteiger partial charge in [-0.15, -0.1) is 0 Å². The molecule has 2 aromatic rings. The van der Waals surface area contributed by atoms with Crippen LogP contribution in [0, 0.1) is 19.8 Å². The number of para-hydroxylation sites is 2. The minimum absolute atomic E-state index is 0.0532. The molecule has 2 amide bonds. The number of nitrogens with zero attached hydrogens (tertiary/aromatic N) is 1. The Bertz CT molecular complexity index is 858. The molecule has 1 fully saturated rings. The molecular weight excluding hydrogens is 354 g/mol. The summed E-state index contributed by atoms with van der Waals surface area (Å²) in [4.78, 5) is 26.0. The summed E-state index contributed by atoms with van der Waals surface area (Å²) < 4.78 is 5.70. The first-order valence-electron chi connectivity index (χ1n) is 9.57. The summed E-state index contributed by atoms with van der Waals surface area (Å²) in [6.07, 6.45) is 1.46. The Kier molecular flexibility index (Phi) is 6.19. The number of hydrogen-bond acceptors (Lipinski definition) is 4. The van der Waals surface area contributed by atoms with Crippen LogP contribution in [-0.2, 0) is 9.59 Å². The molecule has 6 heteroatoms. The third-order valence-corrected chi connectivity index (χ3v) is 5.12. The van der Waals surface area contributed by atoms with Crippen molar-refractivity contribution < 1.29 is 14.3 Å². The van der Waals surface area contributed by atoms with Crippen LogP contribution in [0.2, 0.25) is 0 Å². The fourth-order valence-corrected chi connectivity index (χ4v) is 3.45. The largest absolute Gasteiger partial charge is 0.483 e. The molecule has 0 aromatic heterocycles. The molecule has 0 saturated carbocycles. The van der Waals surface area contributed by atoms with Crippen LogP contribution in [-0.4, -0.2) is 31.5 Å². The van der Waals surface area contributed by atoms with Crippen molar-refractivity contribution in [2.75, 3.05) is 29.9 Å². The molecule has 3 N–H and O–H groups in total. The monoisotopic (exact) mass is 381 g/mol. The Labute approximate surface area is 165 Å². The lowest BCUT2D eigenvalue weighted by Crippen LogP contribution is -2.39. The predicted molar refractivity (Wildman–Crippen MR) is 111 cm³/mol. The summed E-state index contributed by atoms with van der Waals surface area (Å²) >= 11 is 0. The van der Waals surface area contributed by atoms with Crippen molar-refractivity contribution in [3.63, 3.8) is 0 Å². The fraction of sp³-hybridized carbons (Fsp3) is 0.364. The van der Waals surface area contributed by atoms with Gasteiger partial charge in [0.2, 0.25) is 5.91 Å². The van der Waals surface area contributed by atoms with Crippen molar-refractivity contribution >= 4 is 23.2 Å². The lowest BCUT2D eigenvalue weighted by Gasteiger charge is -2.33. The number of nitrogens with one attached hydrogen (secondary N) is 1. The zero-order valence-corrected chi connectivity index (χ0v) is 16.4. The van der Waals surface area contributed by atoms with E-state index in [4.69, 9.17) is 10.5 Å². The van der Waals surface area contributed by atoms with E-state index in [1.807, 2.05) is 56.3 Å². The van der Waals surface area contributed by atoms with Crippen LogP contribution in [0.5, 0.6) is 5.75 Å². The van der Waals surface area contributed by atoms with Gasteiger partial charge in [-0.2, -0.15) is 0 Å². The number of benzene rings is 2. The Morgan fingerprint density at radius 2 is 1.86 bits per heavy atom. The van der Waals surface area contributed by atoms with Gasteiger partial charge in [-0.05, 0) is 56.0 Å². The van der Waals surface area contributed by atoms with E-state index < -0.39 is 0 Å². The van der Waals surface area contributed by atoms with Crippen molar-refractivity contribution in [2.45, 2.75) is 26.7 Å². The van der Waals surface area contributed by atoms with E-state index in [0.717, 1.165) is 54.2 Å². The number of piperidine rings is 1. The number of rotatable bonds is 6. The van der Waals surface area contributed by atoms with Gasteiger partial charge in [-0.1, -0.05) is 24.3 Å². The summed E-state index contributed by atoms with van der Waals surface area (Å²) in [6, 6.07) is 13.6. The molecule has 1 heterocycles. The molecule has 6 nitrogen and oxygen atoms in total. The van der Waals surface area contributed by atoms with Gasteiger partial charge in [0, 0.05) is 19.0 Å². The second kappa shape index (κ2) is 8.78. The van der Waals surface area contributed by atoms with E-state index in [-0.39, 0.29) is 24.3 Å². The molecule has 1 aliphatic rings. The van der Waals surface area contributed by atoms with E-state index >= 15 is 0 Å². The minimum Gasteiger partial charge on any atom is -0.483 e. The van der Waals surface area contributed by atoms with Gasteiger partial charge in [-0.25, -0.2) is 0 Å². The molecular formula is C22H27N3O3. The summed E-state index contributed by atoms with van der Waals surface area (Å²) in [5, 5.41) is 2.95. The van der Waals surface area contributed by atoms with Gasteiger partial charge < -0.3 is 20.7 Å². The topological polar surface area (TPSA) is 84.7 Å². The number of amides is 2. The minimum atomic E-state index is -0.232. The molecule has 1 saturated heterocycles. The van der Waals surface area contributed by atoms with Crippen molar-refractivity contribution in [1.29, 1.82) is 0 Å². The number of ether oxygens (including phenoxy) is 1. The summed E-state index contributed by atoms with van der Waals surface area (Å²) in [5.41, 5.74) is 9.20. The Hall–Kier alpha value is -3.02. The van der Waals surface area contributed by atoms with Gasteiger partial charge in [0.05, 0.1) is 11.4 Å². The van der Waals surface area contributed by atoms with Crippen LogP contribution in [0.15, 0.2) is 42.5 Å². The number of carbonyl (C=O) groups excluding carboxylic acids is 2. The van der Waals surface area contributed by atoms with Crippen molar-refractivity contribution in [3.8, 4) is 5.75 Å². The smallest absolute Gasteiger partial charge is 0.262 e. The first-order chi connectivity index (χ1) is 13.4. The molecule has 3 rings (SSSR count). The third-order valence-electron chi connectivity index (χ3n) is 5.12. The second-order valence-electron chi connectivity index (χ2n) is 7.29. The molecule has 1 aliphatic heterocycles. The maximum atomic E-state index is 12.4. The maximum absolute atomic E-state index is 12.4. The molecule has 2 aromatic carbocycles.